The molecule has 0 aromatic heterocycles. The minimum absolute atomic E-state index is 0.601. The Balaban J connectivity index is 2.50. The molecule has 0 saturated heterocycles. The first-order chi connectivity index (χ1) is 8.04. The maximum absolute atomic E-state index is 3.65. The lowest BCUT2D eigenvalue weighted by Crippen LogP contribution is -2.27. The van der Waals surface area contributed by atoms with Crippen LogP contribution in [0.3, 0.4) is 0 Å². The lowest BCUT2D eigenvalue weighted by Gasteiger charge is -2.19. The maximum Gasteiger partial charge on any atom is 0.0213 e. The smallest absolute Gasteiger partial charge is 0.0213 e. The molecule has 0 spiro atoms. The molecule has 0 aliphatic rings. The molecule has 1 aromatic rings. The highest BCUT2D eigenvalue weighted by Crippen LogP contribution is 2.14. The van der Waals surface area contributed by atoms with E-state index in [-0.39, 0.29) is 0 Å². The van der Waals surface area contributed by atoms with E-state index in [1.54, 1.807) is 0 Å². The van der Waals surface area contributed by atoms with Crippen molar-refractivity contribution in [2.24, 2.45) is 5.92 Å². The van der Waals surface area contributed by atoms with E-state index in [4.69, 9.17) is 0 Å². The molecule has 0 fully saturated rings. The second kappa shape index (κ2) is 6.80. The van der Waals surface area contributed by atoms with Crippen LogP contribution in [0.5, 0.6) is 0 Å². The standard InChI is InChI=1S/C16H27N/c1-6-12(2)10-15(5)17-11-16-13(3)8-7-9-14(16)4/h7-9,12,15,17H,6,10-11H2,1-5H3. The summed E-state index contributed by atoms with van der Waals surface area (Å²) in [5, 5.41) is 3.65. The van der Waals surface area contributed by atoms with E-state index in [2.05, 4.69) is 58.1 Å². The van der Waals surface area contributed by atoms with Crippen LogP contribution in [-0.4, -0.2) is 6.04 Å². The Morgan fingerprint density at radius 3 is 2.24 bits per heavy atom. The molecule has 0 radical (unpaired) electrons. The number of benzene rings is 1. The van der Waals surface area contributed by atoms with Crippen molar-refractivity contribution < 1.29 is 0 Å². The predicted molar refractivity (Wildman–Crippen MR) is 76.3 cm³/mol. The summed E-state index contributed by atoms with van der Waals surface area (Å²) in [5.74, 6) is 0.815. The molecule has 17 heavy (non-hydrogen) atoms. The van der Waals surface area contributed by atoms with Gasteiger partial charge in [-0.05, 0) is 49.8 Å². The third-order valence-corrected chi connectivity index (χ3v) is 3.72. The molecule has 1 N–H and O–H groups in total. The fourth-order valence-corrected chi connectivity index (χ4v) is 2.26. The average Bonchev–Trinajstić information content (AvgIpc) is 2.28. The van der Waals surface area contributed by atoms with Crippen LogP contribution in [0.25, 0.3) is 0 Å². The second-order valence-corrected chi connectivity index (χ2v) is 5.40. The number of hydrogen-bond acceptors (Lipinski definition) is 1. The molecule has 0 bridgehead atoms. The summed E-state index contributed by atoms with van der Waals surface area (Å²) in [7, 11) is 0. The normalized spacial score (nSPS) is 14.6. The Labute approximate surface area is 107 Å². The van der Waals surface area contributed by atoms with Crippen molar-refractivity contribution in [2.45, 2.75) is 60.0 Å². The quantitative estimate of drug-likeness (QED) is 0.776. The molecule has 0 amide bonds. The number of aryl methyl sites for hydroxylation is 2. The Hall–Kier alpha value is -0.820. The minimum atomic E-state index is 0.601. The predicted octanol–water partition coefficient (Wildman–Crippen LogP) is 4.22. The highest BCUT2D eigenvalue weighted by atomic mass is 14.9. The Kier molecular flexibility index (Phi) is 5.70. The fraction of sp³-hybridized carbons (Fsp3) is 0.625. The van der Waals surface area contributed by atoms with E-state index in [0.717, 1.165) is 12.5 Å². The van der Waals surface area contributed by atoms with Crippen molar-refractivity contribution in [3.8, 4) is 0 Å². The second-order valence-electron chi connectivity index (χ2n) is 5.40. The fourth-order valence-electron chi connectivity index (χ4n) is 2.26. The van der Waals surface area contributed by atoms with Crippen molar-refractivity contribution in [1.29, 1.82) is 0 Å². The van der Waals surface area contributed by atoms with Gasteiger partial charge in [0.25, 0.3) is 0 Å². The summed E-state index contributed by atoms with van der Waals surface area (Å²) in [5.41, 5.74) is 4.25. The zero-order valence-corrected chi connectivity index (χ0v) is 12.0. The molecular formula is C16H27N. The zero-order chi connectivity index (χ0) is 12.8. The van der Waals surface area contributed by atoms with Gasteiger partial charge in [-0.15, -0.1) is 0 Å². The lowest BCUT2D eigenvalue weighted by molar-refractivity contribution is 0.411. The van der Waals surface area contributed by atoms with E-state index < -0.39 is 0 Å². The van der Waals surface area contributed by atoms with Crippen LogP contribution < -0.4 is 5.32 Å². The third-order valence-electron chi connectivity index (χ3n) is 3.72. The molecule has 1 rings (SSSR count). The first kappa shape index (κ1) is 14.2. The lowest BCUT2D eigenvalue weighted by atomic mass is 9.99. The molecule has 2 atom stereocenters. The van der Waals surface area contributed by atoms with E-state index >= 15 is 0 Å². The molecule has 1 heteroatoms. The van der Waals surface area contributed by atoms with Crippen molar-refractivity contribution in [3.05, 3.63) is 34.9 Å². The van der Waals surface area contributed by atoms with Crippen LogP contribution in [0.2, 0.25) is 0 Å². The summed E-state index contributed by atoms with van der Waals surface area (Å²) < 4.78 is 0. The van der Waals surface area contributed by atoms with Gasteiger partial charge in [-0.1, -0.05) is 38.5 Å². The van der Waals surface area contributed by atoms with Crippen LogP contribution >= 0.6 is 0 Å². The summed E-state index contributed by atoms with van der Waals surface area (Å²) in [6.07, 6.45) is 2.54. The molecule has 0 aliphatic heterocycles. The maximum atomic E-state index is 3.65. The molecule has 0 saturated carbocycles. The SMILES string of the molecule is CCC(C)CC(C)NCc1c(C)cccc1C. The number of rotatable bonds is 6. The average molecular weight is 233 g/mol. The van der Waals surface area contributed by atoms with Crippen molar-refractivity contribution >= 4 is 0 Å². The van der Waals surface area contributed by atoms with Crippen LogP contribution in [0, 0.1) is 19.8 Å². The van der Waals surface area contributed by atoms with Gasteiger partial charge in [-0.25, -0.2) is 0 Å². The molecule has 1 aromatic carbocycles. The minimum Gasteiger partial charge on any atom is -0.310 e. The van der Waals surface area contributed by atoms with Crippen molar-refractivity contribution in [2.75, 3.05) is 0 Å². The van der Waals surface area contributed by atoms with E-state index in [0.29, 0.717) is 6.04 Å². The number of hydrogen-bond donors (Lipinski definition) is 1. The molecule has 0 heterocycles. The van der Waals surface area contributed by atoms with E-state index in [9.17, 15) is 0 Å². The van der Waals surface area contributed by atoms with E-state index in [1.165, 1.54) is 29.5 Å². The molecular weight excluding hydrogens is 206 g/mol. The largest absolute Gasteiger partial charge is 0.310 e. The number of nitrogens with one attached hydrogen (secondary N) is 1. The van der Waals surface area contributed by atoms with Gasteiger partial charge in [0.05, 0.1) is 0 Å². The third kappa shape index (κ3) is 4.51. The molecule has 2 unspecified atom stereocenters. The molecule has 1 nitrogen and oxygen atoms in total. The van der Waals surface area contributed by atoms with Gasteiger partial charge < -0.3 is 5.32 Å². The van der Waals surface area contributed by atoms with Gasteiger partial charge in [0.15, 0.2) is 0 Å². The first-order valence-corrected chi connectivity index (χ1v) is 6.83. The Morgan fingerprint density at radius 2 is 1.71 bits per heavy atom. The van der Waals surface area contributed by atoms with Crippen molar-refractivity contribution in [1.82, 2.24) is 5.32 Å². The summed E-state index contributed by atoms with van der Waals surface area (Å²) in [6, 6.07) is 7.13. The van der Waals surface area contributed by atoms with Crippen LogP contribution in [0.1, 0.15) is 50.3 Å². The highest BCUT2D eigenvalue weighted by Gasteiger charge is 2.08. The van der Waals surface area contributed by atoms with Gasteiger partial charge in [-0.2, -0.15) is 0 Å². The summed E-state index contributed by atoms with van der Waals surface area (Å²) >= 11 is 0. The van der Waals surface area contributed by atoms with Gasteiger partial charge >= 0.3 is 0 Å². The van der Waals surface area contributed by atoms with E-state index in [1.807, 2.05) is 0 Å². The topological polar surface area (TPSA) is 12.0 Å². The van der Waals surface area contributed by atoms with Crippen LogP contribution in [0.4, 0.5) is 0 Å². The summed E-state index contributed by atoms with van der Waals surface area (Å²) in [6.45, 7) is 12.3. The molecule has 0 aliphatic carbocycles. The Morgan fingerprint density at radius 1 is 1.12 bits per heavy atom. The molecule has 96 valence electrons. The van der Waals surface area contributed by atoms with Gasteiger partial charge in [0, 0.05) is 12.6 Å². The van der Waals surface area contributed by atoms with Crippen molar-refractivity contribution in [3.63, 3.8) is 0 Å². The first-order valence-electron chi connectivity index (χ1n) is 6.83. The van der Waals surface area contributed by atoms with Crippen LogP contribution in [-0.2, 0) is 6.54 Å². The zero-order valence-electron chi connectivity index (χ0n) is 12.0. The summed E-state index contributed by atoms with van der Waals surface area (Å²) in [4.78, 5) is 0. The monoisotopic (exact) mass is 233 g/mol. The Bertz CT molecular complexity index is 323. The van der Waals surface area contributed by atoms with Gasteiger partial charge in [0.2, 0.25) is 0 Å². The van der Waals surface area contributed by atoms with Gasteiger partial charge in [-0.3, -0.25) is 0 Å². The van der Waals surface area contributed by atoms with Gasteiger partial charge in [0.1, 0.15) is 0 Å². The van der Waals surface area contributed by atoms with Crippen LogP contribution in [0.15, 0.2) is 18.2 Å². The highest BCUT2D eigenvalue weighted by molar-refractivity contribution is 5.33.